The summed E-state index contributed by atoms with van der Waals surface area (Å²) in [7, 11) is -2.64. The lowest BCUT2D eigenvalue weighted by Gasteiger charge is -2.11. The third-order valence-electron chi connectivity index (χ3n) is 2.95. The molecule has 0 aromatic rings. The van der Waals surface area contributed by atoms with Crippen molar-refractivity contribution in [2.24, 2.45) is 0 Å². The maximum atomic E-state index is 6.28. The molecule has 0 radical (unpaired) electrons. The molecule has 0 heterocycles. The molecule has 0 N–H and O–H groups in total. The molecule has 0 aromatic heterocycles. The molecule has 0 saturated heterocycles. The fourth-order valence-corrected chi connectivity index (χ4v) is 4.83. The number of rotatable bonds is 10. The Balaban J connectivity index is 3.29. The minimum atomic E-state index is -1.32. The van der Waals surface area contributed by atoms with Crippen LogP contribution in [0.2, 0.25) is 38.3 Å². The van der Waals surface area contributed by atoms with Gasteiger partial charge in [0.25, 0.3) is 0 Å². The summed E-state index contributed by atoms with van der Waals surface area (Å²) in [5, 5.41) is 0. The van der Waals surface area contributed by atoms with Crippen molar-refractivity contribution in [3.05, 3.63) is 12.2 Å². The second kappa shape index (κ2) is 9.63. The van der Waals surface area contributed by atoms with Crippen LogP contribution in [0, 0.1) is 0 Å². The minimum Gasteiger partial charge on any atom is -0.168 e. The maximum absolute atomic E-state index is 6.28. The van der Waals surface area contributed by atoms with E-state index in [-0.39, 0.29) is 0 Å². The Bertz CT molecular complexity index is 203. The van der Waals surface area contributed by atoms with Crippen LogP contribution in [0.15, 0.2) is 12.2 Å². The number of hydrogen-bond acceptors (Lipinski definition) is 0. The van der Waals surface area contributed by atoms with E-state index in [0.29, 0.717) is 0 Å². The fourth-order valence-electron chi connectivity index (χ4n) is 1.85. The highest BCUT2D eigenvalue weighted by Crippen LogP contribution is 2.19. The Kier molecular flexibility index (Phi) is 10.0. The summed E-state index contributed by atoms with van der Waals surface area (Å²) < 4.78 is 0. The Labute approximate surface area is 126 Å². The van der Waals surface area contributed by atoms with E-state index < -0.39 is 14.8 Å². The third-order valence-corrected chi connectivity index (χ3v) is 7.17. The molecule has 108 valence electrons. The number of halogens is 2. The molecule has 0 aliphatic rings. The molecule has 18 heavy (non-hydrogen) atoms. The smallest absolute Gasteiger partial charge is 0.150 e. The van der Waals surface area contributed by atoms with Gasteiger partial charge in [0, 0.05) is 0 Å². The lowest BCUT2D eigenvalue weighted by Crippen LogP contribution is -2.14. The van der Waals surface area contributed by atoms with Crippen molar-refractivity contribution in [3.63, 3.8) is 0 Å². The second-order valence-corrected chi connectivity index (χ2v) is 20.4. The first-order valence-electron chi connectivity index (χ1n) is 7.23. The van der Waals surface area contributed by atoms with Gasteiger partial charge in [-0.25, -0.2) is 0 Å². The van der Waals surface area contributed by atoms with E-state index in [1.54, 1.807) is 0 Å². The van der Waals surface area contributed by atoms with Crippen LogP contribution in [0.4, 0.5) is 0 Å². The van der Waals surface area contributed by atoms with E-state index >= 15 is 0 Å². The largest absolute Gasteiger partial charge is 0.168 e. The van der Waals surface area contributed by atoms with Crippen molar-refractivity contribution < 1.29 is 0 Å². The van der Waals surface area contributed by atoms with Crippen molar-refractivity contribution in [2.75, 3.05) is 0 Å². The molecule has 0 bridgehead atoms. The molecule has 0 aromatic carbocycles. The second-order valence-electron chi connectivity index (χ2n) is 6.40. The zero-order chi connectivity index (χ0) is 14.1. The van der Waals surface area contributed by atoms with Crippen LogP contribution in [0.3, 0.4) is 0 Å². The fraction of sp³-hybridized carbons (Fsp3) is 0.857. The number of unbranched alkanes of at least 4 members (excludes halogenated alkanes) is 4. The van der Waals surface area contributed by atoms with Crippen LogP contribution in [-0.4, -0.2) is 14.8 Å². The predicted octanol–water partition coefficient (Wildman–Crippen LogP) is 6.77. The average Bonchev–Trinajstić information content (AvgIpc) is 2.17. The molecule has 0 nitrogen and oxygen atoms in total. The number of allylic oxidation sites excluding steroid dienone is 2. The topological polar surface area (TPSA) is 0 Å². The molecule has 0 rings (SSSR count). The van der Waals surface area contributed by atoms with Gasteiger partial charge in [-0.1, -0.05) is 64.0 Å². The maximum Gasteiger partial charge on any atom is 0.150 e. The number of hydrogen-bond donors (Lipinski definition) is 0. The SMILES string of the molecule is C[Si](C)(Cl)CCCCC=CCCCC[Si](C)(C)Cl. The van der Waals surface area contributed by atoms with Crippen LogP contribution in [0.25, 0.3) is 0 Å². The van der Waals surface area contributed by atoms with Gasteiger partial charge in [-0.3, -0.25) is 0 Å². The molecule has 0 amide bonds. The monoisotopic (exact) mass is 324 g/mol. The first-order chi connectivity index (χ1) is 8.21. The van der Waals surface area contributed by atoms with Gasteiger partial charge in [-0.2, -0.15) is 22.2 Å². The first-order valence-corrected chi connectivity index (χ1v) is 15.7. The van der Waals surface area contributed by atoms with E-state index in [0.717, 1.165) is 0 Å². The van der Waals surface area contributed by atoms with Crippen molar-refractivity contribution in [2.45, 2.75) is 76.8 Å². The lowest BCUT2D eigenvalue weighted by molar-refractivity contribution is 0.785. The van der Waals surface area contributed by atoms with Gasteiger partial charge in [0.1, 0.15) is 14.8 Å². The van der Waals surface area contributed by atoms with E-state index in [1.165, 1.54) is 50.6 Å². The first kappa shape index (κ1) is 18.8. The highest BCUT2D eigenvalue weighted by atomic mass is 35.6. The highest BCUT2D eigenvalue weighted by Gasteiger charge is 2.15. The molecule has 0 aliphatic carbocycles. The quantitative estimate of drug-likeness (QED) is 0.180. The van der Waals surface area contributed by atoms with Crippen LogP contribution in [0.5, 0.6) is 0 Å². The van der Waals surface area contributed by atoms with Gasteiger partial charge in [0.05, 0.1) is 0 Å². The zero-order valence-electron chi connectivity index (χ0n) is 12.6. The summed E-state index contributed by atoms with van der Waals surface area (Å²) in [5.41, 5.74) is 0. The Hall–Kier alpha value is 0.754. The van der Waals surface area contributed by atoms with Crippen LogP contribution in [0.1, 0.15) is 38.5 Å². The van der Waals surface area contributed by atoms with E-state index in [4.69, 9.17) is 22.2 Å². The molecule has 0 fully saturated rings. The van der Waals surface area contributed by atoms with Gasteiger partial charge in [0.15, 0.2) is 0 Å². The summed E-state index contributed by atoms with van der Waals surface area (Å²) in [6.07, 6.45) is 12.3. The van der Waals surface area contributed by atoms with Gasteiger partial charge >= 0.3 is 0 Å². The highest BCUT2D eigenvalue weighted by molar-refractivity contribution is 7.19. The van der Waals surface area contributed by atoms with Crippen molar-refractivity contribution in [3.8, 4) is 0 Å². The van der Waals surface area contributed by atoms with E-state index in [1.807, 2.05) is 0 Å². The summed E-state index contributed by atoms with van der Waals surface area (Å²) in [4.78, 5) is 0. The molecule has 0 saturated carbocycles. The Morgan fingerprint density at radius 2 is 1.00 bits per heavy atom. The summed E-state index contributed by atoms with van der Waals surface area (Å²) in [6, 6.07) is 2.50. The molecule has 0 atom stereocenters. The van der Waals surface area contributed by atoms with Gasteiger partial charge in [-0.05, 0) is 24.9 Å². The lowest BCUT2D eigenvalue weighted by atomic mass is 10.2. The van der Waals surface area contributed by atoms with Gasteiger partial charge in [0.2, 0.25) is 0 Å². The normalized spacial score (nSPS) is 13.4. The third kappa shape index (κ3) is 16.8. The Morgan fingerprint density at radius 1 is 0.667 bits per heavy atom. The summed E-state index contributed by atoms with van der Waals surface area (Å²) in [6.45, 7) is 8.91. The molecule has 0 unspecified atom stereocenters. The minimum absolute atomic E-state index is 1.22. The summed E-state index contributed by atoms with van der Waals surface area (Å²) >= 11 is 12.6. The van der Waals surface area contributed by atoms with E-state index in [2.05, 4.69) is 38.3 Å². The molecule has 0 aliphatic heterocycles. The standard InChI is InChI=1S/C14H30Cl2Si2/c1-17(2,15)13-11-9-7-5-6-8-10-12-14-18(3,4)16/h5-6H,7-14H2,1-4H3. The van der Waals surface area contributed by atoms with Crippen LogP contribution in [-0.2, 0) is 0 Å². The summed E-state index contributed by atoms with van der Waals surface area (Å²) in [5.74, 6) is 0. The van der Waals surface area contributed by atoms with Gasteiger partial charge in [-0.15, -0.1) is 0 Å². The van der Waals surface area contributed by atoms with Gasteiger partial charge < -0.3 is 0 Å². The van der Waals surface area contributed by atoms with Crippen molar-refractivity contribution in [1.82, 2.24) is 0 Å². The average molecular weight is 325 g/mol. The molecule has 4 heteroatoms. The van der Waals surface area contributed by atoms with Crippen molar-refractivity contribution >= 4 is 36.9 Å². The molecular weight excluding hydrogens is 295 g/mol. The molecular formula is C14H30Cl2Si2. The van der Waals surface area contributed by atoms with Crippen molar-refractivity contribution in [1.29, 1.82) is 0 Å². The predicted molar refractivity (Wildman–Crippen MR) is 93.1 cm³/mol. The Morgan fingerprint density at radius 3 is 1.28 bits per heavy atom. The van der Waals surface area contributed by atoms with Crippen LogP contribution >= 0.6 is 22.2 Å². The zero-order valence-corrected chi connectivity index (χ0v) is 16.1. The van der Waals surface area contributed by atoms with Crippen LogP contribution < -0.4 is 0 Å². The van der Waals surface area contributed by atoms with E-state index in [9.17, 15) is 0 Å². The molecule has 0 spiro atoms.